The van der Waals surface area contributed by atoms with Crippen molar-refractivity contribution in [3.63, 3.8) is 0 Å². The summed E-state index contributed by atoms with van der Waals surface area (Å²) in [5.41, 5.74) is 2.17. The van der Waals surface area contributed by atoms with Crippen LogP contribution in [0.5, 0.6) is 0 Å². The van der Waals surface area contributed by atoms with E-state index < -0.39 is 0 Å². The summed E-state index contributed by atoms with van der Waals surface area (Å²) in [4.78, 5) is 29.3. The van der Waals surface area contributed by atoms with Crippen LogP contribution >= 0.6 is 0 Å². The van der Waals surface area contributed by atoms with Gasteiger partial charge in [0.05, 0.1) is 11.0 Å². The minimum Gasteiger partial charge on any atom is -0.324 e. The summed E-state index contributed by atoms with van der Waals surface area (Å²) in [6.45, 7) is 1.12. The van der Waals surface area contributed by atoms with Crippen LogP contribution in [0.15, 0.2) is 53.3 Å². The summed E-state index contributed by atoms with van der Waals surface area (Å²) < 4.78 is 14.7. The predicted octanol–water partition coefficient (Wildman–Crippen LogP) is 3.34. The van der Waals surface area contributed by atoms with E-state index in [0.717, 1.165) is 11.0 Å². The zero-order valence-corrected chi connectivity index (χ0v) is 14.1. The minimum absolute atomic E-state index is 0.0634. The number of benzene rings is 2. The quantitative estimate of drug-likeness (QED) is 0.741. The number of fused-ring (bicyclic) bond motifs is 1. The third-order valence-electron chi connectivity index (χ3n) is 4.84. The van der Waals surface area contributed by atoms with Crippen molar-refractivity contribution in [2.45, 2.75) is 18.9 Å². The van der Waals surface area contributed by atoms with E-state index in [4.69, 9.17) is 0 Å². The fourth-order valence-electron chi connectivity index (χ4n) is 3.50. The van der Waals surface area contributed by atoms with Gasteiger partial charge in [-0.05, 0) is 49.2 Å². The Morgan fingerprint density at radius 1 is 1.08 bits per heavy atom. The topological polar surface area (TPSA) is 70.1 Å². The van der Waals surface area contributed by atoms with Crippen LogP contribution in [0.4, 0.5) is 14.9 Å². The third kappa shape index (κ3) is 3.08. The summed E-state index contributed by atoms with van der Waals surface area (Å²) in [5.74, 6) is -0.340. The number of urea groups is 1. The van der Waals surface area contributed by atoms with E-state index in [2.05, 4.69) is 10.3 Å². The number of rotatable bonds is 2. The first-order valence-corrected chi connectivity index (χ1v) is 8.62. The van der Waals surface area contributed by atoms with Crippen LogP contribution in [-0.2, 0) is 0 Å². The van der Waals surface area contributed by atoms with E-state index in [1.807, 2.05) is 24.3 Å². The molecule has 2 N–H and O–H groups in total. The van der Waals surface area contributed by atoms with Crippen molar-refractivity contribution in [1.29, 1.82) is 0 Å². The molecule has 0 atom stereocenters. The lowest BCUT2D eigenvalue weighted by Crippen LogP contribution is -2.42. The molecule has 4 rings (SSSR count). The molecule has 0 bridgehead atoms. The molecule has 6 nitrogen and oxygen atoms in total. The molecule has 0 spiro atoms. The van der Waals surface area contributed by atoms with Gasteiger partial charge in [0.25, 0.3) is 0 Å². The number of likely N-dealkylation sites (tertiary alicyclic amines) is 1. The van der Waals surface area contributed by atoms with Crippen LogP contribution in [0.25, 0.3) is 11.0 Å². The van der Waals surface area contributed by atoms with Gasteiger partial charge in [0.1, 0.15) is 5.82 Å². The summed E-state index contributed by atoms with van der Waals surface area (Å²) >= 11 is 0. The number of amides is 2. The molecule has 0 unspecified atom stereocenters. The first-order valence-electron chi connectivity index (χ1n) is 8.62. The van der Waals surface area contributed by atoms with Crippen LogP contribution in [0.3, 0.4) is 0 Å². The fraction of sp³-hybridized carbons (Fsp3) is 0.263. The van der Waals surface area contributed by atoms with Crippen molar-refractivity contribution < 1.29 is 9.18 Å². The van der Waals surface area contributed by atoms with E-state index in [1.54, 1.807) is 9.47 Å². The normalized spacial score (nSPS) is 15.3. The Morgan fingerprint density at radius 2 is 1.77 bits per heavy atom. The average molecular weight is 354 g/mol. The number of hydrogen-bond donors (Lipinski definition) is 2. The van der Waals surface area contributed by atoms with Crippen molar-refractivity contribution in [2.24, 2.45) is 0 Å². The smallest absolute Gasteiger partial charge is 0.324 e. The molecule has 1 aliphatic rings. The number of aromatic nitrogens is 2. The van der Waals surface area contributed by atoms with Gasteiger partial charge in [0, 0.05) is 24.8 Å². The second-order valence-corrected chi connectivity index (χ2v) is 6.47. The SMILES string of the molecule is O=C(Nc1ccc(F)cc1)N1CCC(n2c(=O)[nH]c3ccccc32)CC1. The number of aromatic amines is 1. The molecule has 2 heterocycles. The van der Waals surface area contributed by atoms with Crippen molar-refractivity contribution in [3.8, 4) is 0 Å². The summed E-state index contributed by atoms with van der Waals surface area (Å²) in [6.07, 6.45) is 1.41. The summed E-state index contributed by atoms with van der Waals surface area (Å²) in [5, 5.41) is 2.78. The van der Waals surface area contributed by atoms with Gasteiger partial charge in [0.15, 0.2) is 0 Å². The van der Waals surface area contributed by atoms with Crippen molar-refractivity contribution in [2.75, 3.05) is 18.4 Å². The molecule has 1 fully saturated rings. The molecule has 1 aliphatic heterocycles. The van der Waals surface area contributed by atoms with E-state index in [9.17, 15) is 14.0 Å². The van der Waals surface area contributed by atoms with Crippen molar-refractivity contribution in [1.82, 2.24) is 14.5 Å². The number of anilines is 1. The fourth-order valence-corrected chi connectivity index (χ4v) is 3.50. The van der Waals surface area contributed by atoms with Gasteiger partial charge in [-0.15, -0.1) is 0 Å². The van der Waals surface area contributed by atoms with Crippen LogP contribution in [0, 0.1) is 5.82 Å². The second kappa shape index (κ2) is 6.67. The van der Waals surface area contributed by atoms with Gasteiger partial charge in [-0.2, -0.15) is 0 Å². The molecular weight excluding hydrogens is 335 g/mol. The predicted molar refractivity (Wildman–Crippen MR) is 97.8 cm³/mol. The lowest BCUT2D eigenvalue weighted by atomic mass is 10.0. The Balaban J connectivity index is 1.43. The van der Waals surface area contributed by atoms with Gasteiger partial charge in [-0.1, -0.05) is 12.1 Å². The van der Waals surface area contributed by atoms with Crippen LogP contribution in [-0.4, -0.2) is 33.6 Å². The highest BCUT2D eigenvalue weighted by Crippen LogP contribution is 2.25. The first kappa shape index (κ1) is 16.4. The highest BCUT2D eigenvalue weighted by atomic mass is 19.1. The molecule has 0 radical (unpaired) electrons. The Morgan fingerprint density at radius 3 is 2.50 bits per heavy atom. The molecule has 7 heteroatoms. The Bertz CT molecular complexity index is 985. The molecule has 134 valence electrons. The highest BCUT2D eigenvalue weighted by molar-refractivity contribution is 5.89. The zero-order chi connectivity index (χ0) is 18.1. The highest BCUT2D eigenvalue weighted by Gasteiger charge is 2.26. The molecule has 26 heavy (non-hydrogen) atoms. The number of nitrogens with one attached hydrogen (secondary N) is 2. The Kier molecular flexibility index (Phi) is 4.20. The summed E-state index contributed by atoms with van der Waals surface area (Å²) in [7, 11) is 0. The maximum atomic E-state index is 12.9. The number of hydrogen-bond acceptors (Lipinski definition) is 2. The van der Waals surface area contributed by atoms with Gasteiger partial charge in [-0.25, -0.2) is 14.0 Å². The number of H-pyrrole nitrogens is 1. The summed E-state index contributed by atoms with van der Waals surface area (Å²) in [6, 6.07) is 13.2. The zero-order valence-electron chi connectivity index (χ0n) is 14.1. The van der Waals surface area contributed by atoms with E-state index >= 15 is 0 Å². The van der Waals surface area contributed by atoms with Gasteiger partial charge < -0.3 is 15.2 Å². The number of carbonyl (C=O) groups excluding carboxylic acids is 1. The standard InChI is InChI=1S/C19H19FN4O2/c20-13-5-7-14(8-6-13)21-18(25)23-11-9-15(10-12-23)24-17-4-2-1-3-16(17)22-19(24)26/h1-8,15H,9-12H2,(H,21,25)(H,22,26). The molecule has 2 aromatic carbocycles. The number of piperidine rings is 1. The molecule has 3 aromatic rings. The maximum absolute atomic E-state index is 12.9. The first-order chi connectivity index (χ1) is 12.6. The molecule has 2 amide bonds. The number of carbonyl (C=O) groups is 1. The molecule has 1 aromatic heterocycles. The molecule has 1 saturated heterocycles. The molecule has 0 saturated carbocycles. The minimum atomic E-state index is -0.340. The third-order valence-corrected chi connectivity index (χ3v) is 4.84. The van der Waals surface area contributed by atoms with Crippen LogP contribution in [0.2, 0.25) is 0 Å². The molecule has 0 aliphatic carbocycles. The van der Waals surface area contributed by atoms with Gasteiger partial charge >= 0.3 is 11.7 Å². The average Bonchev–Trinajstić information content (AvgIpc) is 2.99. The Labute approximate surface area is 149 Å². The largest absolute Gasteiger partial charge is 0.326 e. The number of para-hydroxylation sites is 2. The van der Waals surface area contributed by atoms with E-state index in [-0.39, 0.29) is 23.6 Å². The van der Waals surface area contributed by atoms with E-state index in [1.165, 1.54) is 24.3 Å². The van der Waals surface area contributed by atoms with Crippen LogP contribution < -0.4 is 11.0 Å². The number of imidazole rings is 1. The van der Waals surface area contributed by atoms with Gasteiger partial charge in [-0.3, -0.25) is 4.57 Å². The van der Waals surface area contributed by atoms with Gasteiger partial charge in [0.2, 0.25) is 0 Å². The number of nitrogens with zero attached hydrogens (tertiary/aromatic N) is 2. The van der Waals surface area contributed by atoms with Crippen molar-refractivity contribution in [3.05, 3.63) is 64.8 Å². The maximum Gasteiger partial charge on any atom is 0.326 e. The molecular formula is C19H19FN4O2. The Hall–Kier alpha value is -3.09. The lowest BCUT2D eigenvalue weighted by Gasteiger charge is -2.32. The van der Waals surface area contributed by atoms with Crippen LogP contribution in [0.1, 0.15) is 18.9 Å². The lowest BCUT2D eigenvalue weighted by molar-refractivity contribution is 0.184. The second-order valence-electron chi connectivity index (χ2n) is 6.47. The van der Waals surface area contributed by atoms with E-state index in [0.29, 0.717) is 31.6 Å². The number of halogens is 1. The van der Waals surface area contributed by atoms with Crippen molar-refractivity contribution >= 4 is 22.8 Å². The monoisotopic (exact) mass is 354 g/mol.